The van der Waals surface area contributed by atoms with E-state index in [1.54, 1.807) is 6.07 Å². The lowest BCUT2D eigenvalue weighted by Crippen LogP contribution is -1.94. The first-order chi connectivity index (χ1) is 5.27. The number of aliphatic hydroxyl groups excluding tert-OH is 1. The Balaban J connectivity index is 3.09. The fourth-order valence-corrected chi connectivity index (χ4v) is 0.723. The average Bonchev–Trinajstić information content (AvgIpc) is 2.04. The first kappa shape index (κ1) is 7.88. The first-order valence-corrected chi connectivity index (χ1v) is 3.16. The summed E-state index contributed by atoms with van der Waals surface area (Å²) >= 11 is 0. The van der Waals surface area contributed by atoms with Crippen LogP contribution in [0.4, 0.5) is 4.39 Å². The Kier molecular flexibility index (Phi) is 2.33. The molecule has 0 amide bonds. The molecule has 1 aromatic heterocycles. The van der Waals surface area contributed by atoms with Crippen LogP contribution >= 0.6 is 0 Å². The molecule has 1 aromatic rings. The minimum Gasteiger partial charge on any atom is -0.390 e. The van der Waals surface area contributed by atoms with Crippen molar-refractivity contribution >= 4 is 6.08 Å². The second-order valence-corrected chi connectivity index (χ2v) is 2.04. The molecule has 1 heterocycles. The van der Waals surface area contributed by atoms with E-state index in [1.807, 2.05) is 0 Å². The molecule has 0 radical (unpaired) electrons. The van der Waals surface area contributed by atoms with Gasteiger partial charge in [-0.2, -0.15) is 4.39 Å². The molecule has 0 atom stereocenters. The van der Waals surface area contributed by atoms with Gasteiger partial charge in [0.25, 0.3) is 0 Å². The van der Waals surface area contributed by atoms with Crippen molar-refractivity contribution in [1.29, 1.82) is 0 Å². The zero-order valence-corrected chi connectivity index (χ0v) is 5.92. The second-order valence-electron chi connectivity index (χ2n) is 2.04. The van der Waals surface area contributed by atoms with Crippen LogP contribution in [-0.2, 0) is 6.61 Å². The highest BCUT2D eigenvalue weighted by Gasteiger charge is 1.99. The summed E-state index contributed by atoms with van der Waals surface area (Å²) in [6.07, 6.45) is 1.38. The van der Waals surface area contributed by atoms with Crippen molar-refractivity contribution in [2.75, 3.05) is 0 Å². The largest absolute Gasteiger partial charge is 0.390 e. The molecule has 11 heavy (non-hydrogen) atoms. The van der Waals surface area contributed by atoms with Gasteiger partial charge >= 0.3 is 0 Å². The standard InChI is InChI=1S/C8H8FNO/c1-2-6-3-4-7(5-11)10-8(6)9/h2-4,11H,1,5H2. The summed E-state index contributed by atoms with van der Waals surface area (Å²) in [7, 11) is 0. The third kappa shape index (κ3) is 1.62. The van der Waals surface area contributed by atoms with Crippen molar-refractivity contribution in [3.63, 3.8) is 0 Å². The van der Waals surface area contributed by atoms with Crippen molar-refractivity contribution < 1.29 is 9.50 Å². The quantitative estimate of drug-likeness (QED) is 0.650. The first-order valence-electron chi connectivity index (χ1n) is 3.16. The van der Waals surface area contributed by atoms with Crippen LogP contribution < -0.4 is 0 Å². The number of pyridine rings is 1. The summed E-state index contributed by atoms with van der Waals surface area (Å²) < 4.78 is 12.7. The highest BCUT2D eigenvalue weighted by atomic mass is 19.1. The van der Waals surface area contributed by atoms with Gasteiger partial charge in [0.05, 0.1) is 12.3 Å². The van der Waals surface area contributed by atoms with E-state index in [2.05, 4.69) is 11.6 Å². The van der Waals surface area contributed by atoms with Gasteiger partial charge in [0.2, 0.25) is 5.95 Å². The summed E-state index contributed by atoms with van der Waals surface area (Å²) in [6, 6.07) is 3.08. The Morgan fingerprint density at radius 3 is 2.82 bits per heavy atom. The smallest absolute Gasteiger partial charge is 0.220 e. The molecule has 0 fully saturated rings. The van der Waals surface area contributed by atoms with Gasteiger partial charge in [-0.25, -0.2) is 4.98 Å². The second kappa shape index (κ2) is 3.25. The normalized spacial score (nSPS) is 9.64. The zero-order chi connectivity index (χ0) is 8.27. The molecule has 0 bridgehead atoms. The molecule has 0 spiro atoms. The predicted octanol–water partition coefficient (Wildman–Crippen LogP) is 1.36. The molecule has 1 N–H and O–H groups in total. The van der Waals surface area contributed by atoms with Crippen molar-refractivity contribution in [1.82, 2.24) is 4.98 Å². The summed E-state index contributed by atoms with van der Waals surface area (Å²) in [5.41, 5.74) is 0.676. The van der Waals surface area contributed by atoms with Crippen molar-refractivity contribution in [2.45, 2.75) is 6.61 Å². The summed E-state index contributed by atoms with van der Waals surface area (Å²) in [5, 5.41) is 8.57. The van der Waals surface area contributed by atoms with E-state index in [1.165, 1.54) is 12.1 Å². The Morgan fingerprint density at radius 2 is 2.36 bits per heavy atom. The van der Waals surface area contributed by atoms with Crippen molar-refractivity contribution in [3.8, 4) is 0 Å². The van der Waals surface area contributed by atoms with Gasteiger partial charge in [-0.3, -0.25) is 0 Å². The van der Waals surface area contributed by atoms with Crippen LogP contribution in [0.15, 0.2) is 18.7 Å². The maximum atomic E-state index is 12.7. The molecule has 0 aliphatic carbocycles. The highest BCUT2D eigenvalue weighted by Crippen LogP contribution is 2.06. The van der Waals surface area contributed by atoms with Crippen molar-refractivity contribution in [2.24, 2.45) is 0 Å². The lowest BCUT2D eigenvalue weighted by molar-refractivity contribution is 0.275. The van der Waals surface area contributed by atoms with Gasteiger partial charge in [-0.15, -0.1) is 0 Å². The molecule has 3 heteroatoms. The monoisotopic (exact) mass is 153 g/mol. The van der Waals surface area contributed by atoms with E-state index in [4.69, 9.17) is 5.11 Å². The number of aromatic nitrogens is 1. The van der Waals surface area contributed by atoms with Gasteiger partial charge in [-0.05, 0) is 12.1 Å². The number of nitrogens with zero attached hydrogens (tertiary/aromatic N) is 1. The van der Waals surface area contributed by atoms with Gasteiger partial charge in [0, 0.05) is 5.56 Å². The van der Waals surface area contributed by atoms with Gasteiger partial charge in [0.1, 0.15) is 0 Å². The van der Waals surface area contributed by atoms with E-state index in [0.29, 0.717) is 11.3 Å². The van der Waals surface area contributed by atoms with Crippen LogP contribution in [0.2, 0.25) is 0 Å². The minimum absolute atomic E-state index is 0.242. The molecule has 0 aliphatic heterocycles. The summed E-state index contributed by atoms with van der Waals surface area (Å²) in [6.45, 7) is 3.16. The Hall–Kier alpha value is -1.22. The lowest BCUT2D eigenvalue weighted by atomic mass is 10.2. The maximum Gasteiger partial charge on any atom is 0.220 e. The molecule has 0 saturated carbocycles. The molecule has 0 aromatic carbocycles. The molecule has 0 aliphatic rings. The highest BCUT2D eigenvalue weighted by molar-refractivity contribution is 5.45. The molecule has 2 nitrogen and oxygen atoms in total. The van der Waals surface area contributed by atoms with E-state index < -0.39 is 5.95 Å². The molecular weight excluding hydrogens is 145 g/mol. The Bertz CT molecular complexity index is 273. The van der Waals surface area contributed by atoms with Gasteiger partial charge in [-0.1, -0.05) is 12.7 Å². The molecule has 0 saturated heterocycles. The number of hydrogen-bond acceptors (Lipinski definition) is 2. The molecular formula is C8H8FNO. The predicted molar refractivity (Wildman–Crippen MR) is 40.2 cm³/mol. The third-order valence-corrected chi connectivity index (χ3v) is 1.32. The minimum atomic E-state index is -0.591. The van der Waals surface area contributed by atoms with Crippen molar-refractivity contribution in [3.05, 3.63) is 35.9 Å². The van der Waals surface area contributed by atoms with E-state index >= 15 is 0 Å². The van der Waals surface area contributed by atoms with Crippen LogP contribution in [0.3, 0.4) is 0 Å². The number of rotatable bonds is 2. The fraction of sp³-hybridized carbons (Fsp3) is 0.125. The zero-order valence-electron chi connectivity index (χ0n) is 5.92. The van der Waals surface area contributed by atoms with Crippen LogP contribution in [-0.4, -0.2) is 10.1 Å². The SMILES string of the molecule is C=Cc1ccc(CO)nc1F. The third-order valence-electron chi connectivity index (χ3n) is 1.32. The molecule has 58 valence electrons. The average molecular weight is 153 g/mol. The van der Waals surface area contributed by atoms with E-state index in [-0.39, 0.29) is 6.61 Å². The van der Waals surface area contributed by atoms with Gasteiger partial charge < -0.3 is 5.11 Å². The fourth-order valence-electron chi connectivity index (χ4n) is 0.723. The molecule has 1 rings (SSSR count). The summed E-state index contributed by atoms with van der Waals surface area (Å²) in [5.74, 6) is -0.591. The number of aliphatic hydroxyl groups is 1. The van der Waals surface area contributed by atoms with E-state index in [0.717, 1.165) is 0 Å². The topological polar surface area (TPSA) is 33.1 Å². The number of hydrogen-bond donors (Lipinski definition) is 1. The Labute approximate surface area is 64.0 Å². The maximum absolute atomic E-state index is 12.7. The van der Waals surface area contributed by atoms with Crippen LogP contribution in [0.1, 0.15) is 11.3 Å². The van der Waals surface area contributed by atoms with Gasteiger partial charge in [0.15, 0.2) is 0 Å². The van der Waals surface area contributed by atoms with Crippen LogP contribution in [0.5, 0.6) is 0 Å². The summed E-state index contributed by atoms with van der Waals surface area (Å²) in [4.78, 5) is 3.47. The van der Waals surface area contributed by atoms with Crippen LogP contribution in [0, 0.1) is 5.95 Å². The molecule has 0 unspecified atom stereocenters. The lowest BCUT2D eigenvalue weighted by Gasteiger charge is -1.97. The van der Waals surface area contributed by atoms with E-state index in [9.17, 15) is 4.39 Å². The Morgan fingerprint density at radius 1 is 1.64 bits per heavy atom. The number of halogens is 1. The van der Waals surface area contributed by atoms with Crippen LogP contribution in [0.25, 0.3) is 6.08 Å².